The second-order valence-corrected chi connectivity index (χ2v) is 5.93. The zero-order valence-corrected chi connectivity index (χ0v) is 12.8. The van der Waals surface area contributed by atoms with E-state index in [4.69, 9.17) is 5.73 Å². The minimum absolute atomic E-state index is 0.0212. The Bertz CT molecular complexity index is 790. The number of non-ortho nitro benzene ring substituents is 1. The molecule has 0 spiro atoms. The monoisotopic (exact) mass is 314 g/mol. The van der Waals surface area contributed by atoms with E-state index >= 15 is 0 Å². The Hall–Kier alpha value is -2.70. The number of nitro benzene ring substituents is 1. The molecule has 0 bridgehead atoms. The number of aromatic nitrogens is 1. The van der Waals surface area contributed by atoms with E-state index in [9.17, 15) is 14.9 Å². The summed E-state index contributed by atoms with van der Waals surface area (Å²) in [6.07, 6.45) is 2.56. The summed E-state index contributed by atoms with van der Waals surface area (Å²) in [5.41, 5.74) is 7.24. The predicted molar refractivity (Wildman–Crippen MR) is 87.1 cm³/mol. The molecule has 0 unspecified atom stereocenters. The molecule has 3 rings (SSSR count). The number of anilines is 1. The van der Waals surface area contributed by atoms with Gasteiger partial charge in [-0.3, -0.25) is 14.9 Å². The van der Waals surface area contributed by atoms with Crippen molar-refractivity contribution in [2.45, 2.75) is 32.2 Å². The van der Waals surface area contributed by atoms with Crippen LogP contribution in [0.15, 0.2) is 24.3 Å². The van der Waals surface area contributed by atoms with Crippen molar-refractivity contribution in [2.24, 2.45) is 11.7 Å². The number of pyridine rings is 1. The Kier molecular flexibility index (Phi) is 3.85. The molecule has 1 aliphatic rings. The topological polar surface area (TPSA) is 111 Å². The molecule has 1 heterocycles. The van der Waals surface area contributed by atoms with Crippen molar-refractivity contribution in [3.05, 3.63) is 40.1 Å². The van der Waals surface area contributed by atoms with Gasteiger partial charge in [0.25, 0.3) is 5.69 Å². The van der Waals surface area contributed by atoms with Crippen LogP contribution in [-0.2, 0) is 4.79 Å². The van der Waals surface area contributed by atoms with Crippen LogP contribution < -0.4 is 11.1 Å². The summed E-state index contributed by atoms with van der Waals surface area (Å²) in [7, 11) is 0. The van der Waals surface area contributed by atoms with Crippen LogP contribution in [0.2, 0.25) is 0 Å². The third-order valence-corrected chi connectivity index (χ3v) is 4.37. The van der Waals surface area contributed by atoms with Crippen LogP contribution in [0, 0.1) is 23.0 Å². The number of nitrogens with two attached hydrogens (primary N) is 1. The van der Waals surface area contributed by atoms with E-state index in [1.54, 1.807) is 19.1 Å². The normalized spacial score (nSPS) is 20.6. The molecule has 1 saturated carbocycles. The lowest BCUT2D eigenvalue weighted by Crippen LogP contribution is -2.34. The highest BCUT2D eigenvalue weighted by Gasteiger charge is 2.32. The summed E-state index contributed by atoms with van der Waals surface area (Å²) in [6.45, 7) is 1.79. The minimum Gasteiger partial charge on any atom is -0.381 e. The number of nitrogens with one attached hydrogen (secondary N) is 1. The summed E-state index contributed by atoms with van der Waals surface area (Å²) in [6, 6.07) is 6.69. The molecule has 120 valence electrons. The smallest absolute Gasteiger partial charge is 0.295 e. The van der Waals surface area contributed by atoms with Crippen LogP contribution in [-0.4, -0.2) is 21.9 Å². The van der Waals surface area contributed by atoms with Crippen LogP contribution in [0.4, 0.5) is 11.4 Å². The third kappa shape index (κ3) is 2.81. The van der Waals surface area contributed by atoms with Crippen molar-refractivity contribution in [1.29, 1.82) is 0 Å². The fourth-order valence-electron chi connectivity index (χ4n) is 3.30. The van der Waals surface area contributed by atoms with Crippen molar-refractivity contribution < 1.29 is 9.72 Å². The second kappa shape index (κ2) is 5.83. The number of fused-ring (bicyclic) bond motifs is 1. The standard InChI is InChI=1S/C16H18N4O3/c1-9-8-13(19-12-6-2-5-11(12)16(17)21)10-4-3-7-14(20(22)23)15(10)18-9/h3-4,7-8,11-12H,2,5-6H2,1H3,(H2,17,21)(H,18,19)/t11-,12-/m0/s1. The van der Waals surface area contributed by atoms with E-state index in [0.29, 0.717) is 16.6 Å². The van der Waals surface area contributed by atoms with E-state index < -0.39 is 4.92 Å². The van der Waals surface area contributed by atoms with Crippen molar-refractivity contribution in [1.82, 2.24) is 4.98 Å². The molecule has 1 amide bonds. The largest absolute Gasteiger partial charge is 0.381 e. The van der Waals surface area contributed by atoms with Gasteiger partial charge in [-0.1, -0.05) is 18.6 Å². The van der Waals surface area contributed by atoms with Gasteiger partial charge in [0.15, 0.2) is 5.52 Å². The molecule has 3 N–H and O–H groups in total. The van der Waals surface area contributed by atoms with Crippen LogP contribution in [0.25, 0.3) is 10.9 Å². The highest BCUT2D eigenvalue weighted by Crippen LogP contribution is 2.33. The molecular formula is C16H18N4O3. The Balaban J connectivity index is 2.06. The van der Waals surface area contributed by atoms with Gasteiger partial charge in [0.1, 0.15) is 0 Å². The molecule has 1 aromatic heterocycles. The number of benzene rings is 1. The summed E-state index contributed by atoms with van der Waals surface area (Å²) in [5, 5.41) is 15.2. The maximum absolute atomic E-state index is 11.6. The van der Waals surface area contributed by atoms with Gasteiger partial charge in [0, 0.05) is 28.9 Å². The molecule has 1 aliphatic carbocycles. The van der Waals surface area contributed by atoms with Crippen LogP contribution in [0.1, 0.15) is 25.0 Å². The lowest BCUT2D eigenvalue weighted by Gasteiger charge is -2.21. The molecule has 2 atom stereocenters. The zero-order valence-electron chi connectivity index (χ0n) is 12.8. The van der Waals surface area contributed by atoms with E-state index in [-0.39, 0.29) is 23.6 Å². The van der Waals surface area contributed by atoms with Crippen LogP contribution in [0.5, 0.6) is 0 Å². The number of nitro groups is 1. The van der Waals surface area contributed by atoms with Crippen molar-refractivity contribution >= 4 is 28.2 Å². The minimum atomic E-state index is -0.430. The molecule has 7 nitrogen and oxygen atoms in total. The van der Waals surface area contributed by atoms with Crippen LogP contribution in [0.3, 0.4) is 0 Å². The molecule has 1 fully saturated rings. The average Bonchev–Trinajstić information content (AvgIpc) is 2.94. The van der Waals surface area contributed by atoms with Gasteiger partial charge >= 0.3 is 0 Å². The Morgan fingerprint density at radius 3 is 2.91 bits per heavy atom. The predicted octanol–water partition coefficient (Wildman–Crippen LogP) is 2.52. The van der Waals surface area contributed by atoms with E-state index in [1.807, 2.05) is 6.07 Å². The zero-order chi connectivity index (χ0) is 16.6. The van der Waals surface area contributed by atoms with Gasteiger partial charge in [-0.15, -0.1) is 0 Å². The van der Waals surface area contributed by atoms with E-state index in [1.165, 1.54) is 6.07 Å². The second-order valence-electron chi connectivity index (χ2n) is 5.93. The molecule has 0 radical (unpaired) electrons. The highest BCUT2D eigenvalue weighted by atomic mass is 16.6. The average molecular weight is 314 g/mol. The quantitative estimate of drug-likeness (QED) is 0.665. The maximum Gasteiger partial charge on any atom is 0.295 e. The fourth-order valence-corrected chi connectivity index (χ4v) is 3.30. The molecule has 23 heavy (non-hydrogen) atoms. The number of para-hydroxylation sites is 1. The number of primary amides is 1. The SMILES string of the molecule is Cc1cc(N[C@H]2CCC[C@@H]2C(N)=O)c2cccc([N+](=O)[O-])c2n1. The van der Waals surface area contributed by atoms with Crippen molar-refractivity contribution in [2.75, 3.05) is 5.32 Å². The van der Waals surface area contributed by atoms with Gasteiger partial charge in [0.2, 0.25) is 5.91 Å². The number of aryl methyl sites for hydroxylation is 1. The number of carbonyl (C=O) groups excluding carboxylic acids is 1. The number of nitrogens with zero attached hydrogens (tertiary/aromatic N) is 2. The van der Waals surface area contributed by atoms with Gasteiger partial charge in [-0.25, -0.2) is 4.98 Å². The highest BCUT2D eigenvalue weighted by molar-refractivity contribution is 5.97. The first kappa shape index (κ1) is 15.2. The van der Waals surface area contributed by atoms with Gasteiger partial charge < -0.3 is 11.1 Å². The molecule has 2 aromatic rings. The molecule has 7 heteroatoms. The van der Waals surface area contributed by atoms with E-state index in [2.05, 4.69) is 10.3 Å². The summed E-state index contributed by atoms with van der Waals surface area (Å²) >= 11 is 0. The first-order valence-corrected chi connectivity index (χ1v) is 7.58. The van der Waals surface area contributed by atoms with Gasteiger partial charge in [-0.2, -0.15) is 0 Å². The number of hydrogen-bond acceptors (Lipinski definition) is 5. The number of hydrogen-bond donors (Lipinski definition) is 2. The lowest BCUT2D eigenvalue weighted by molar-refractivity contribution is -0.383. The number of carbonyl (C=O) groups is 1. The Morgan fingerprint density at radius 1 is 1.43 bits per heavy atom. The van der Waals surface area contributed by atoms with Gasteiger partial charge in [-0.05, 0) is 25.8 Å². The van der Waals surface area contributed by atoms with Crippen molar-refractivity contribution in [3.8, 4) is 0 Å². The third-order valence-electron chi connectivity index (χ3n) is 4.37. The lowest BCUT2D eigenvalue weighted by atomic mass is 10.0. The van der Waals surface area contributed by atoms with Gasteiger partial charge in [0.05, 0.1) is 10.8 Å². The van der Waals surface area contributed by atoms with E-state index in [0.717, 1.165) is 24.9 Å². The molecular weight excluding hydrogens is 296 g/mol. The summed E-state index contributed by atoms with van der Waals surface area (Å²) < 4.78 is 0. The van der Waals surface area contributed by atoms with Crippen LogP contribution >= 0.6 is 0 Å². The number of rotatable bonds is 4. The molecule has 0 saturated heterocycles. The maximum atomic E-state index is 11.6. The summed E-state index contributed by atoms with van der Waals surface area (Å²) in [4.78, 5) is 26.6. The Morgan fingerprint density at radius 2 is 2.22 bits per heavy atom. The Labute approximate surface area is 133 Å². The summed E-state index contributed by atoms with van der Waals surface area (Å²) in [5.74, 6) is -0.515. The number of amides is 1. The molecule has 1 aromatic carbocycles. The first-order valence-electron chi connectivity index (χ1n) is 7.58. The van der Waals surface area contributed by atoms with Crippen molar-refractivity contribution in [3.63, 3.8) is 0 Å². The molecule has 0 aliphatic heterocycles. The fraction of sp³-hybridized carbons (Fsp3) is 0.375. The first-order chi connectivity index (χ1) is 11.0.